The molecule has 0 saturated carbocycles. The van der Waals surface area contributed by atoms with Crippen LogP contribution in [0.5, 0.6) is 5.88 Å². The van der Waals surface area contributed by atoms with E-state index in [9.17, 15) is 0 Å². The first kappa shape index (κ1) is 10.1. The zero-order valence-electron chi connectivity index (χ0n) is 8.14. The summed E-state index contributed by atoms with van der Waals surface area (Å²) >= 11 is 3.31. The molecule has 1 aromatic heterocycles. The van der Waals surface area contributed by atoms with E-state index in [1.165, 1.54) is 0 Å². The van der Waals surface area contributed by atoms with E-state index in [-0.39, 0.29) is 0 Å². The largest absolute Gasteiger partial charge is 0.480 e. The van der Waals surface area contributed by atoms with Crippen LogP contribution in [-0.4, -0.2) is 17.1 Å². The van der Waals surface area contributed by atoms with Gasteiger partial charge in [0.25, 0.3) is 0 Å². The van der Waals surface area contributed by atoms with E-state index in [4.69, 9.17) is 4.74 Å². The smallest absolute Gasteiger partial charge is 0.231 e. The van der Waals surface area contributed by atoms with Crippen LogP contribution in [0.1, 0.15) is 0 Å². The van der Waals surface area contributed by atoms with Crippen LogP contribution in [0.25, 0.3) is 11.4 Å². The lowest BCUT2D eigenvalue weighted by Gasteiger charge is -2.04. The van der Waals surface area contributed by atoms with E-state index < -0.39 is 0 Å². The fraction of sp³-hybridized carbons (Fsp3) is 0.0909. The molecule has 4 heteroatoms. The molecular weight excluding hydrogens is 256 g/mol. The molecule has 0 amide bonds. The first-order valence-corrected chi connectivity index (χ1v) is 5.22. The number of aromatic nitrogens is 2. The van der Waals surface area contributed by atoms with Gasteiger partial charge in [-0.3, -0.25) is 0 Å². The van der Waals surface area contributed by atoms with Gasteiger partial charge in [0, 0.05) is 11.8 Å². The third-order valence-corrected chi connectivity index (χ3v) is 2.48. The van der Waals surface area contributed by atoms with Gasteiger partial charge in [-0.1, -0.05) is 30.3 Å². The first-order valence-electron chi connectivity index (χ1n) is 4.43. The number of methoxy groups -OCH3 is 1. The Morgan fingerprint density at radius 1 is 1.20 bits per heavy atom. The lowest BCUT2D eigenvalue weighted by atomic mass is 10.2. The molecular formula is C11H9BrN2O. The molecule has 2 aromatic rings. The van der Waals surface area contributed by atoms with Gasteiger partial charge in [0.05, 0.1) is 11.6 Å². The lowest BCUT2D eigenvalue weighted by molar-refractivity contribution is 0.394. The van der Waals surface area contributed by atoms with Gasteiger partial charge in [-0.05, 0) is 15.9 Å². The fourth-order valence-electron chi connectivity index (χ4n) is 1.22. The highest BCUT2D eigenvalue weighted by molar-refractivity contribution is 9.10. The number of ether oxygens (including phenoxy) is 1. The normalized spacial score (nSPS) is 10.0. The highest BCUT2D eigenvalue weighted by Crippen LogP contribution is 2.24. The predicted molar refractivity (Wildman–Crippen MR) is 61.7 cm³/mol. The van der Waals surface area contributed by atoms with Crippen LogP contribution in [0.2, 0.25) is 0 Å². The second kappa shape index (κ2) is 4.40. The minimum atomic E-state index is 0.545. The predicted octanol–water partition coefficient (Wildman–Crippen LogP) is 2.91. The molecule has 2 rings (SSSR count). The molecule has 1 aromatic carbocycles. The quantitative estimate of drug-likeness (QED) is 0.837. The molecule has 0 unspecified atom stereocenters. The second-order valence-corrected chi connectivity index (χ2v) is 3.77. The number of hydrogen-bond donors (Lipinski definition) is 0. The van der Waals surface area contributed by atoms with E-state index in [1.807, 2.05) is 30.3 Å². The van der Waals surface area contributed by atoms with Crippen LogP contribution in [0.4, 0.5) is 0 Å². The molecule has 0 atom stereocenters. The number of benzene rings is 1. The Kier molecular flexibility index (Phi) is 2.97. The van der Waals surface area contributed by atoms with Crippen LogP contribution in [0.15, 0.2) is 41.0 Å². The standard InChI is InChI=1S/C11H9BrN2O/c1-15-11-9(12)7-13-10(14-11)8-5-3-2-4-6-8/h2-7H,1H3. The van der Waals surface area contributed by atoms with Gasteiger partial charge in [0.15, 0.2) is 5.82 Å². The maximum atomic E-state index is 5.11. The van der Waals surface area contributed by atoms with Crippen LogP contribution >= 0.6 is 15.9 Å². The third-order valence-electron chi connectivity index (χ3n) is 1.94. The van der Waals surface area contributed by atoms with Gasteiger partial charge >= 0.3 is 0 Å². The molecule has 0 aliphatic heterocycles. The number of rotatable bonds is 2. The van der Waals surface area contributed by atoms with Crippen molar-refractivity contribution in [2.75, 3.05) is 7.11 Å². The summed E-state index contributed by atoms with van der Waals surface area (Å²) in [5, 5.41) is 0. The van der Waals surface area contributed by atoms with Crippen molar-refractivity contribution in [3.63, 3.8) is 0 Å². The maximum Gasteiger partial charge on any atom is 0.231 e. The molecule has 1 heterocycles. The Labute approximate surface area is 96.3 Å². The minimum absolute atomic E-state index is 0.545. The molecule has 76 valence electrons. The molecule has 3 nitrogen and oxygen atoms in total. The van der Waals surface area contributed by atoms with E-state index in [0.717, 1.165) is 10.0 Å². The topological polar surface area (TPSA) is 35.0 Å². The summed E-state index contributed by atoms with van der Waals surface area (Å²) < 4.78 is 5.86. The molecule has 0 fully saturated rings. The summed E-state index contributed by atoms with van der Waals surface area (Å²) in [6.45, 7) is 0. The van der Waals surface area contributed by atoms with E-state index >= 15 is 0 Å². The Morgan fingerprint density at radius 2 is 1.93 bits per heavy atom. The van der Waals surface area contributed by atoms with Gasteiger partial charge < -0.3 is 4.74 Å². The first-order chi connectivity index (χ1) is 7.31. The highest BCUT2D eigenvalue weighted by Gasteiger charge is 2.05. The summed E-state index contributed by atoms with van der Waals surface area (Å²) in [5.74, 6) is 1.21. The molecule has 0 spiro atoms. The summed E-state index contributed by atoms with van der Waals surface area (Å²) in [6.07, 6.45) is 1.69. The molecule has 0 aliphatic carbocycles. The Hall–Kier alpha value is -1.42. The third kappa shape index (κ3) is 2.15. The van der Waals surface area contributed by atoms with Crippen molar-refractivity contribution < 1.29 is 4.74 Å². The van der Waals surface area contributed by atoms with E-state index in [0.29, 0.717) is 11.7 Å². The van der Waals surface area contributed by atoms with E-state index in [2.05, 4.69) is 25.9 Å². The van der Waals surface area contributed by atoms with Crippen LogP contribution in [0.3, 0.4) is 0 Å². The Balaban J connectivity index is 2.46. The number of nitrogens with zero attached hydrogens (tertiary/aromatic N) is 2. The van der Waals surface area contributed by atoms with Crippen molar-refractivity contribution in [2.45, 2.75) is 0 Å². The van der Waals surface area contributed by atoms with Crippen LogP contribution in [0, 0.1) is 0 Å². The molecule has 0 saturated heterocycles. The van der Waals surface area contributed by atoms with Crippen molar-refractivity contribution in [1.82, 2.24) is 9.97 Å². The van der Waals surface area contributed by atoms with Gasteiger partial charge in [-0.2, -0.15) is 4.98 Å². The average Bonchev–Trinajstić information content (AvgIpc) is 2.31. The highest BCUT2D eigenvalue weighted by atomic mass is 79.9. The van der Waals surface area contributed by atoms with Gasteiger partial charge in [0.2, 0.25) is 5.88 Å². The Bertz CT molecular complexity index is 459. The molecule has 0 N–H and O–H groups in total. The Morgan fingerprint density at radius 3 is 2.60 bits per heavy atom. The van der Waals surface area contributed by atoms with Gasteiger partial charge in [-0.25, -0.2) is 4.98 Å². The minimum Gasteiger partial charge on any atom is -0.480 e. The van der Waals surface area contributed by atoms with Crippen LogP contribution in [-0.2, 0) is 0 Å². The fourth-order valence-corrected chi connectivity index (χ4v) is 1.57. The van der Waals surface area contributed by atoms with Crippen molar-refractivity contribution >= 4 is 15.9 Å². The van der Waals surface area contributed by atoms with Crippen molar-refractivity contribution in [3.05, 3.63) is 41.0 Å². The summed E-state index contributed by atoms with van der Waals surface area (Å²) in [6, 6.07) is 9.78. The van der Waals surface area contributed by atoms with Crippen LogP contribution < -0.4 is 4.74 Å². The summed E-state index contributed by atoms with van der Waals surface area (Å²) in [5.41, 5.74) is 0.975. The molecule has 0 radical (unpaired) electrons. The number of halogens is 1. The van der Waals surface area contributed by atoms with Gasteiger partial charge in [0.1, 0.15) is 0 Å². The zero-order valence-corrected chi connectivity index (χ0v) is 9.73. The number of hydrogen-bond acceptors (Lipinski definition) is 3. The van der Waals surface area contributed by atoms with Crippen molar-refractivity contribution in [3.8, 4) is 17.3 Å². The van der Waals surface area contributed by atoms with E-state index in [1.54, 1.807) is 13.3 Å². The van der Waals surface area contributed by atoms with Gasteiger partial charge in [-0.15, -0.1) is 0 Å². The molecule has 0 bridgehead atoms. The SMILES string of the molecule is COc1nc(-c2ccccc2)ncc1Br. The lowest BCUT2D eigenvalue weighted by Crippen LogP contribution is -1.94. The zero-order chi connectivity index (χ0) is 10.7. The maximum absolute atomic E-state index is 5.11. The molecule has 15 heavy (non-hydrogen) atoms. The van der Waals surface area contributed by atoms with Crippen molar-refractivity contribution in [1.29, 1.82) is 0 Å². The monoisotopic (exact) mass is 264 g/mol. The molecule has 0 aliphatic rings. The summed E-state index contributed by atoms with van der Waals surface area (Å²) in [4.78, 5) is 8.50. The van der Waals surface area contributed by atoms with Crippen molar-refractivity contribution in [2.24, 2.45) is 0 Å². The average molecular weight is 265 g/mol. The second-order valence-electron chi connectivity index (χ2n) is 2.92. The summed E-state index contributed by atoms with van der Waals surface area (Å²) in [7, 11) is 1.59.